The van der Waals surface area contributed by atoms with Crippen LogP contribution in [0.1, 0.15) is 16.8 Å². The van der Waals surface area contributed by atoms with Gasteiger partial charge in [-0.05, 0) is 37.2 Å². The molecule has 0 bridgehead atoms. The zero-order valence-corrected chi connectivity index (χ0v) is 11.1. The first kappa shape index (κ1) is 14.6. The molecule has 0 atom stereocenters. The van der Waals surface area contributed by atoms with Crippen molar-refractivity contribution in [1.29, 1.82) is 0 Å². The number of halogens is 3. The van der Waals surface area contributed by atoms with Crippen molar-refractivity contribution in [3.05, 3.63) is 53.3 Å². The van der Waals surface area contributed by atoms with Crippen LogP contribution < -0.4 is 5.32 Å². The van der Waals surface area contributed by atoms with E-state index in [9.17, 15) is 13.2 Å². The molecule has 3 nitrogen and oxygen atoms in total. The van der Waals surface area contributed by atoms with Gasteiger partial charge >= 0.3 is 6.18 Å². The molecule has 1 aromatic heterocycles. The molecule has 0 aliphatic rings. The van der Waals surface area contributed by atoms with Crippen LogP contribution in [0.3, 0.4) is 0 Å². The Balaban J connectivity index is 2.01. The molecular weight excluding hydrogens is 267 g/mol. The molecule has 0 aliphatic carbocycles. The normalized spacial score (nSPS) is 11.8. The average Bonchev–Trinajstić information content (AvgIpc) is 2.86. The molecule has 0 fully saturated rings. The van der Waals surface area contributed by atoms with Gasteiger partial charge in [0.25, 0.3) is 0 Å². The van der Waals surface area contributed by atoms with E-state index >= 15 is 0 Å². The van der Waals surface area contributed by atoms with E-state index in [1.54, 1.807) is 0 Å². The number of hydrogen-bond acceptors (Lipinski definition) is 2. The van der Waals surface area contributed by atoms with Crippen LogP contribution in [-0.4, -0.2) is 23.4 Å². The third-order valence-electron chi connectivity index (χ3n) is 2.96. The van der Waals surface area contributed by atoms with Crippen molar-refractivity contribution < 1.29 is 13.2 Å². The standard InChI is InChI=1S/C14H16F3N3/c1-18-8-6-11-2-4-12(5-3-11)10-20-9-7-13(19-20)14(15,16)17/h2-5,7,9,18H,6,8,10H2,1H3. The second kappa shape index (κ2) is 6.09. The van der Waals surface area contributed by atoms with Crippen molar-refractivity contribution in [3.8, 4) is 0 Å². The quantitative estimate of drug-likeness (QED) is 0.914. The Labute approximate surface area is 115 Å². The van der Waals surface area contributed by atoms with Crippen LogP contribution >= 0.6 is 0 Å². The lowest BCUT2D eigenvalue weighted by molar-refractivity contribution is -0.141. The first-order valence-corrected chi connectivity index (χ1v) is 6.32. The maximum Gasteiger partial charge on any atom is 0.435 e. The molecule has 2 rings (SSSR count). The van der Waals surface area contributed by atoms with E-state index < -0.39 is 11.9 Å². The molecule has 0 saturated carbocycles. The van der Waals surface area contributed by atoms with Crippen molar-refractivity contribution >= 4 is 0 Å². The van der Waals surface area contributed by atoms with E-state index in [0.29, 0.717) is 6.54 Å². The van der Waals surface area contributed by atoms with Gasteiger partial charge in [0.05, 0.1) is 6.54 Å². The van der Waals surface area contributed by atoms with Crippen LogP contribution in [0.5, 0.6) is 0 Å². The second-order valence-corrected chi connectivity index (χ2v) is 4.57. The van der Waals surface area contributed by atoms with Crippen LogP contribution in [0.15, 0.2) is 36.5 Å². The lowest BCUT2D eigenvalue weighted by atomic mass is 10.1. The Kier molecular flexibility index (Phi) is 4.44. The maximum absolute atomic E-state index is 12.4. The zero-order valence-electron chi connectivity index (χ0n) is 11.1. The number of aromatic nitrogens is 2. The SMILES string of the molecule is CNCCc1ccc(Cn2ccc(C(F)(F)F)n2)cc1. The molecule has 0 radical (unpaired) electrons. The van der Waals surface area contributed by atoms with Crippen molar-refractivity contribution in [2.24, 2.45) is 0 Å². The average molecular weight is 283 g/mol. The summed E-state index contributed by atoms with van der Waals surface area (Å²) in [6.07, 6.45) is -2.11. The highest BCUT2D eigenvalue weighted by Gasteiger charge is 2.33. The first-order chi connectivity index (χ1) is 9.49. The van der Waals surface area contributed by atoms with Crippen LogP contribution in [-0.2, 0) is 19.1 Å². The third kappa shape index (κ3) is 3.84. The summed E-state index contributed by atoms with van der Waals surface area (Å²) in [7, 11) is 1.89. The van der Waals surface area contributed by atoms with Gasteiger partial charge in [-0.2, -0.15) is 18.3 Å². The molecule has 0 saturated heterocycles. The molecule has 20 heavy (non-hydrogen) atoms. The van der Waals surface area contributed by atoms with Gasteiger partial charge in [-0.15, -0.1) is 0 Å². The van der Waals surface area contributed by atoms with Crippen molar-refractivity contribution in [3.63, 3.8) is 0 Å². The van der Waals surface area contributed by atoms with E-state index in [-0.39, 0.29) is 0 Å². The third-order valence-corrected chi connectivity index (χ3v) is 2.96. The molecule has 1 heterocycles. The van der Waals surface area contributed by atoms with Gasteiger partial charge in [0.15, 0.2) is 5.69 Å². The Bertz CT molecular complexity index is 544. The highest BCUT2D eigenvalue weighted by Crippen LogP contribution is 2.27. The molecule has 0 unspecified atom stereocenters. The molecule has 1 aromatic carbocycles. The van der Waals surface area contributed by atoms with E-state index in [2.05, 4.69) is 10.4 Å². The molecular formula is C14H16F3N3. The summed E-state index contributed by atoms with van der Waals surface area (Å²) in [5, 5.41) is 6.60. The Morgan fingerprint density at radius 3 is 2.30 bits per heavy atom. The number of nitrogens with one attached hydrogen (secondary N) is 1. The van der Waals surface area contributed by atoms with Gasteiger partial charge in [0.2, 0.25) is 0 Å². The van der Waals surface area contributed by atoms with E-state index in [1.165, 1.54) is 16.4 Å². The molecule has 0 amide bonds. The zero-order chi connectivity index (χ0) is 14.6. The monoisotopic (exact) mass is 283 g/mol. The first-order valence-electron chi connectivity index (χ1n) is 6.32. The minimum atomic E-state index is -4.39. The van der Waals surface area contributed by atoms with Gasteiger partial charge < -0.3 is 5.32 Å². The molecule has 0 aliphatic heterocycles. The highest BCUT2D eigenvalue weighted by atomic mass is 19.4. The number of rotatable bonds is 5. The summed E-state index contributed by atoms with van der Waals surface area (Å²) in [6, 6.07) is 8.79. The van der Waals surface area contributed by atoms with Crippen molar-refractivity contribution in [1.82, 2.24) is 15.1 Å². The van der Waals surface area contributed by atoms with Gasteiger partial charge in [-0.25, -0.2) is 0 Å². The number of benzene rings is 1. The van der Waals surface area contributed by atoms with E-state index in [4.69, 9.17) is 0 Å². The van der Waals surface area contributed by atoms with Crippen molar-refractivity contribution in [2.45, 2.75) is 19.1 Å². The number of likely N-dealkylation sites (N-methyl/N-ethyl adjacent to an activating group) is 1. The Morgan fingerprint density at radius 2 is 1.75 bits per heavy atom. The van der Waals surface area contributed by atoms with Gasteiger partial charge in [-0.3, -0.25) is 4.68 Å². The van der Waals surface area contributed by atoms with Crippen molar-refractivity contribution in [2.75, 3.05) is 13.6 Å². The fraction of sp³-hybridized carbons (Fsp3) is 0.357. The van der Waals surface area contributed by atoms with Gasteiger partial charge in [-0.1, -0.05) is 24.3 Å². The van der Waals surface area contributed by atoms with E-state index in [1.807, 2.05) is 31.3 Å². The minimum Gasteiger partial charge on any atom is -0.319 e. The summed E-state index contributed by atoms with van der Waals surface area (Å²) in [5.41, 5.74) is 1.26. The van der Waals surface area contributed by atoms with Crippen LogP contribution in [0, 0.1) is 0 Å². The molecule has 1 N–H and O–H groups in total. The van der Waals surface area contributed by atoms with Crippen LogP contribution in [0.2, 0.25) is 0 Å². The summed E-state index contributed by atoms with van der Waals surface area (Å²) in [6.45, 7) is 1.23. The summed E-state index contributed by atoms with van der Waals surface area (Å²) >= 11 is 0. The fourth-order valence-corrected chi connectivity index (χ4v) is 1.87. The predicted octanol–water partition coefficient (Wildman–Crippen LogP) is 2.71. The lowest BCUT2D eigenvalue weighted by Crippen LogP contribution is -2.10. The topological polar surface area (TPSA) is 29.9 Å². The van der Waals surface area contributed by atoms with Crippen LogP contribution in [0.4, 0.5) is 13.2 Å². The highest BCUT2D eigenvalue weighted by molar-refractivity contribution is 5.23. The maximum atomic E-state index is 12.4. The molecule has 2 aromatic rings. The van der Waals surface area contributed by atoms with Gasteiger partial charge in [0, 0.05) is 6.20 Å². The Morgan fingerprint density at radius 1 is 1.10 bits per heavy atom. The Hall–Kier alpha value is -1.82. The molecule has 108 valence electrons. The summed E-state index contributed by atoms with van der Waals surface area (Å²) in [5.74, 6) is 0. The second-order valence-electron chi connectivity index (χ2n) is 4.57. The lowest BCUT2D eigenvalue weighted by Gasteiger charge is -2.05. The van der Waals surface area contributed by atoms with E-state index in [0.717, 1.165) is 24.6 Å². The number of alkyl halides is 3. The smallest absolute Gasteiger partial charge is 0.319 e. The van der Waals surface area contributed by atoms with Gasteiger partial charge in [0.1, 0.15) is 0 Å². The summed E-state index contributed by atoms with van der Waals surface area (Å²) in [4.78, 5) is 0. The fourth-order valence-electron chi connectivity index (χ4n) is 1.87. The molecule has 6 heteroatoms. The number of nitrogens with zero attached hydrogens (tertiary/aromatic N) is 2. The van der Waals surface area contributed by atoms with Crippen LogP contribution in [0.25, 0.3) is 0 Å². The predicted molar refractivity (Wildman–Crippen MR) is 70.4 cm³/mol. The molecule has 0 spiro atoms. The summed E-state index contributed by atoms with van der Waals surface area (Å²) < 4.78 is 38.6. The number of hydrogen-bond donors (Lipinski definition) is 1. The minimum absolute atomic E-state index is 0.336. The largest absolute Gasteiger partial charge is 0.435 e.